The first kappa shape index (κ1) is 23.1. The van der Waals surface area contributed by atoms with E-state index in [0.717, 1.165) is 5.56 Å². The summed E-state index contributed by atoms with van der Waals surface area (Å²) in [6, 6.07) is 14.1. The van der Waals surface area contributed by atoms with Gasteiger partial charge in [-0.25, -0.2) is 13.2 Å². The minimum absolute atomic E-state index is 0.0287. The number of ether oxygens (including phenoxy) is 3. The normalized spacial score (nSPS) is 15.6. The zero-order valence-corrected chi connectivity index (χ0v) is 18.9. The lowest BCUT2D eigenvalue weighted by Crippen LogP contribution is -2.38. The fourth-order valence-electron chi connectivity index (χ4n) is 3.66. The lowest BCUT2D eigenvalue weighted by atomic mass is 9.89. The average molecular weight is 448 g/mol. The Kier molecular flexibility index (Phi) is 7.56. The number of hydrogen-bond donors (Lipinski definition) is 0. The molecule has 8 heteroatoms. The van der Waals surface area contributed by atoms with Crippen LogP contribution in [-0.4, -0.2) is 51.6 Å². The van der Waals surface area contributed by atoms with Gasteiger partial charge in [0.1, 0.15) is 11.5 Å². The van der Waals surface area contributed by atoms with E-state index in [9.17, 15) is 13.2 Å². The molecule has 3 rings (SSSR count). The number of esters is 1. The molecular formula is C23H29NO6S. The molecular weight excluding hydrogens is 418 g/mol. The molecule has 0 bridgehead atoms. The summed E-state index contributed by atoms with van der Waals surface area (Å²) < 4.78 is 43.5. The maximum atomic E-state index is 13.1. The van der Waals surface area contributed by atoms with Crippen LogP contribution in [0.25, 0.3) is 0 Å². The van der Waals surface area contributed by atoms with Crippen molar-refractivity contribution in [2.75, 3.05) is 26.8 Å². The number of nitrogens with zero attached hydrogens (tertiary/aromatic N) is 1. The van der Waals surface area contributed by atoms with Crippen LogP contribution in [0.2, 0.25) is 0 Å². The first-order valence-corrected chi connectivity index (χ1v) is 11.8. The zero-order valence-electron chi connectivity index (χ0n) is 18.1. The van der Waals surface area contributed by atoms with E-state index >= 15 is 0 Å². The van der Waals surface area contributed by atoms with Crippen molar-refractivity contribution in [3.8, 4) is 11.5 Å². The van der Waals surface area contributed by atoms with Crippen molar-refractivity contribution in [1.82, 2.24) is 4.31 Å². The van der Waals surface area contributed by atoms with Gasteiger partial charge in [0.25, 0.3) is 0 Å². The zero-order chi connectivity index (χ0) is 22.4. The number of carbonyl (C=O) groups excluding carboxylic acids is 1. The molecule has 0 atom stereocenters. The van der Waals surface area contributed by atoms with E-state index in [0.29, 0.717) is 37.4 Å². The van der Waals surface area contributed by atoms with Crippen molar-refractivity contribution in [1.29, 1.82) is 0 Å². The summed E-state index contributed by atoms with van der Waals surface area (Å²) in [6.07, 6.45) is 1.37. The predicted octanol–water partition coefficient (Wildman–Crippen LogP) is 3.59. The highest BCUT2D eigenvalue weighted by Gasteiger charge is 2.31. The molecule has 7 nitrogen and oxygen atoms in total. The van der Waals surface area contributed by atoms with E-state index in [2.05, 4.69) is 4.74 Å². The summed E-state index contributed by atoms with van der Waals surface area (Å²) >= 11 is 0. The SMILES string of the molecule is COC(=O)COc1ccccc1C1CCN(S(=O)(=O)c2ccc(OC(C)C)cc2)CC1. The fourth-order valence-corrected chi connectivity index (χ4v) is 5.13. The Morgan fingerprint density at radius 1 is 1.06 bits per heavy atom. The molecule has 1 fully saturated rings. The van der Waals surface area contributed by atoms with Crippen molar-refractivity contribution in [3.63, 3.8) is 0 Å². The molecule has 0 N–H and O–H groups in total. The van der Waals surface area contributed by atoms with Gasteiger partial charge in [-0.1, -0.05) is 18.2 Å². The molecule has 0 aliphatic carbocycles. The third-order valence-electron chi connectivity index (χ3n) is 5.22. The van der Waals surface area contributed by atoms with Gasteiger partial charge in [-0.3, -0.25) is 0 Å². The van der Waals surface area contributed by atoms with Gasteiger partial charge < -0.3 is 14.2 Å². The standard InChI is InChI=1S/C23H29NO6S/c1-17(2)30-19-8-10-20(11-9-19)31(26,27)24-14-12-18(13-15-24)21-6-4-5-7-22(21)29-16-23(25)28-3/h4-11,17-18H,12-16H2,1-3H3. The second-order valence-electron chi connectivity index (χ2n) is 7.72. The van der Waals surface area contributed by atoms with E-state index in [1.807, 2.05) is 38.1 Å². The molecule has 0 saturated carbocycles. The molecule has 2 aromatic carbocycles. The maximum Gasteiger partial charge on any atom is 0.343 e. The fraction of sp³-hybridized carbons (Fsp3) is 0.435. The van der Waals surface area contributed by atoms with Crippen LogP contribution in [0.1, 0.15) is 38.2 Å². The summed E-state index contributed by atoms with van der Waals surface area (Å²) in [4.78, 5) is 11.7. The molecule has 1 aliphatic rings. The molecule has 0 amide bonds. The molecule has 0 spiro atoms. The maximum absolute atomic E-state index is 13.1. The lowest BCUT2D eigenvalue weighted by molar-refractivity contribution is -0.142. The molecule has 0 radical (unpaired) electrons. The third-order valence-corrected chi connectivity index (χ3v) is 7.13. The third kappa shape index (κ3) is 5.77. The molecule has 0 aromatic heterocycles. The first-order valence-electron chi connectivity index (χ1n) is 10.4. The van der Waals surface area contributed by atoms with Crippen molar-refractivity contribution >= 4 is 16.0 Å². The first-order chi connectivity index (χ1) is 14.8. The van der Waals surface area contributed by atoms with Crippen molar-refractivity contribution in [2.24, 2.45) is 0 Å². The van der Waals surface area contributed by atoms with Gasteiger partial charge in [0.05, 0.1) is 18.1 Å². The highest BCUT2D eigenvalue weighted by Crippen LogP contribution is 2.35. The van der Waals surface area contributed by atoms with Crippen LogP contribution < -0.4 is 9.47 Å². The molecule has 31 heavy (non-hydrogen) atoms. The summed E-state index contributed by atoms with van der Waals surface area (Å²) in [5, 5.41) is 0. The van der Waals surface area contributed by atoms with Crippen LogP contribution in [0.5, 0.6) is 11.5 Å². The highest BCUT2D eigenvalue weighted by molar-refractivity contribution is 7.89. The summed E-state index contributed by atoms with van der Waals surface area (Å²) in [7, 11) is -2.24. The lowest BCUT2D eigenvalue weighted by Gasteiger charge is -2.32. The number of methoxy groups -OCH3 is 1. The van der Waals surface area contributed by atoms with E-state index < -0.39 is 16.0 Å². The van der Waals surface area contributed by atoms with Gasteiger partial charge in [0, 0.05) is 13.1 Å². The van der Waals surface area contributed by atoms with Gasteiger partial charge >= 0.3 is 5.97 Å². The number of hydrogen-bond acceptors (Lipinski definition) is 6. The molecule has 168 valence electrons. The van der Waals surface area contributed by atoms with Crippen molar-refractivity contribution in [3.05, 3.63) is 54.1 Å². The minimum atomic E-state index is -3.56. The molecule has 1 saturated heterocycles. The van der Waals surface area contributed by atoms with Crippen LogP contribution in [0, 0.1) is 0 Å². The smallest absolute Gasteiger partial charge is 0.343 e. The van der Waals surface area contributed by atoms with Crippen LogP contribution in [0.3, 0.4) is 0 Å². The van der Waals surface area contributed by atoms with Crippen LogP contribution in [-0.2, 0) is 19.6 Å². The Morgan fingerprint density at radius 3 is 2.32 bits per heavy atom. The molecule has 2 aromatic rings. The van der Waals surface area contributed by atoms with Gasteiger partial charge in [-0.2, -0.15) is 4.31 Å². The predicted molar refractivity (Wildman–Crippen MR) is 117 cm³/mol. The Morgan fingerprint density at radius 2 is 1.71 bits per heavy atom. The Balaban J connectivity index is 1.66. The Bertz CT molecular complexity index is 979. The number of rotatable bonds is 8. The summed E-state index contributed by atoms with van der Waals surface area (Å²) in [6.45, 7) is 4.53. The second-order valence-corrected chi connectivity index (χ2v) is 9.66. The van der Waals surface area contributed by atoms with Crippen LogP contribution in [0.15, 0.2) is 53.4 Å². The van der Waals surface area contributed by atoms with Gasteiger partial charge in [-0.05, 0) is 68.5 Å². The van der Waals surface area contributed by atoms with Crippen LogP contribution >= 0.6 is 0 Å². The molecule has 1 heterocycles. The van der Waals surface area contributed by atoms with E-state index in [1.165, 1.54) is 11.4 Å². The number of carbonyl (C=O) groups is 1. The number of para-hydroxylation sites is 1. The van der Waals surface area contributed by atoms with Crippen molar-refractivity contribution in [2.45, 2.75) is 43.6 Å². The van der Waals surface area contributed by atoms with Gasteiger partial charge in [0.15, 0.2) is 6.61 Å². The summed E-state index contributed by atoms with van der Waals surface area (Å²) in [5.41, 5.74) is 0.985. The number of sulfonamides is 1. The highest BCUT2D eigenvalue weighted by atomic mass is 32.2. The number of piperidine rings is 1. The topological polar surface area (TPSA) is 82.1 Å². The van der Waals surface area contributed by atoms with E-state index in [-0.39, 0.29) is 23.5 Å². The second kappa shape index (κ2) is 10.2. The Labute approximate surface area is 184 Å². The number of benzene rings is 2. The van der Waals surface area contributed by atoms with Crippen LogP contribution in [0.4, 0.5) is 0 Å². The quantitative estimate of drug-likeness (QED) is 0.575. The monoisotopic (exact) mass is 447 g/mol. The van der Waals surface area contributed by atoms with Crippen molar-refractivity contribution < 1.29 is 27.4 Å². The molecule has 1 aliphatic heterocycles. The van der Waals surface area contributed by atoms with E-state index in [1.54, 1.807) is 24.3 Å². The van der Waals surface area contributed by atoms with Gasteiger partial charge in [0.2, 0.25) is 10.0 Å². The van der Waals surface area contributed by atoms with E-state index in [4.69, 9.17) is 9.47 Å². The van der Waals surface area contributed by atoms with Gasteiger partial charge in [-0.15, -0.1) is 0 Å². The minimum Gasteiger partial charge on any atom is -0.491 e. The average Bonchev–Trinajstić information content (AvgIpc) is 2.77. The largest absolute Gasteiger partial charge is 0.491 e. The molecule has 0 unspecified atom stereocenters. The summed E-state index contributed by atoms with van der Waals surface area (Å²) in [5.74, 6) is 0.994. The Hall–Kier alpha value is -2.58.